The third-order valence-corrected chi connectivity index (χ3v) is 1.86. The number of anilines is 1. The maximum Gasteiger partial charge on any atom is 0.573 e. The van der Waals surface area contributed by atoms with Gasteiger partial charge in [-0.25, -0.2) is 4.98 Å². The quantitative estimate of drug-likeness (QED) is 0.818. The maximum absolute atomic E-state index is 12.0. The number of nitriles is 1. The highest BCUT2D eigenvalue weighted by Gasteiger charge is 2.32. The van der Waals surface area contributed by atoms with Crippen molar-refractivity contribution in [1.29, 1.82) is 5.26 Å². The lowest BCUT2D eigenvalue weighted by molar-refractivity contribution is -0.274. The minimum absolute atomic E-state index is 0.0991. The fourth-order valence-electron chi connectivity index (χ4n) is 0.974. The van der Waals surface area contributed by atoms with Crippen molar-refractivity contribution in [3.63, 3.8) is 0 Å². The van der Waals surface area contributed by atoms with Crippen molar-refractivity contribution < 1.29 is 17.9 Å². The van der Waals surface area contributed by atoms with E-state index in [9.17, 15) is 13.2 Å². The molecule has 0 aliphatic carbocycles. The van der Waals surface area contributed by atoms with Crippen LogP contribution in [0.4, 0.5) is 19.0 Å². The van der Waals surface area contributed by atoms with E-state index >= 15 is 0 Å². The van der Waals surface area contributed by atoms with Crippen molar-refractivity contribution >= 4 is 17.4 Å². The van der Waals surface area contributed by atoms with Crippen LogP contribution in [0.15, 0.2) is 6.07 Å². The number of ether oxygens (including phenoxy) is 1. The normalized spacial score (nSPS) is 10.9. The Labute approximate surface area is 93.4 Å². The van der Waals surface area contributed by atoms with Crippen molar-refractivity contribution in [2.24, 2.45) is 0 Å². The van der Waals surface area contributed by atoms with Gasteiger partial charge in [0, 0.05) is 6.07 Å². The molecule has 16 heavy (non-hydrogen) atoms. The van der Waals surface area contributed by atoms with Gasteiger partial charge in [0.05, 0.1) is 11.4 Å². The molecule has 0 unspecified atom stereocenters. The van der Waals surface area contributed by atoms with Gasteiger partial charge in [-0.3, -0.25) is 0 Å². The first-order valence-electron chi connectivity index (χ1n) is 3.88. The Hall–Kier alpha value is -1.68. The lowest BCUT2D eigenvalue weighted by Gasteiger charge is -2.13. The molecule has 1 aromatic rings. The third-order valence-electron chi connectivity index (χ3n) is 1.59. The number of nitrogens with zero attached hydrogens (tertiary/aromatic N) is 2. The molecule has 0 saturated carbocycles. The predicted molar refractivity (Wildman–Crippen MR) is 49.6 cm³/mol. The maximum atomic E-state index is 12.0. The molecule has 0 aliphatic heterocycles. The van der Waals surface area contributed by atoms with Gasteiger partial charge < -0.3 is 10.5 Å². The second-order valence-corrected chi connectivity index (χ2v) is 2.93. The predicted octanol–water partition coefficient (Wildman–Crippen LogP) is 2.17. The second kappa shape index (κ2) is 4.45. The zero-order valence-electron chi connectivity index (χ0n) is 7.68. The number of rotatable bonds is 2. The number of hydrogen-bond donors (Lipinski definition) is 1. The molecule has 0 fully saturated rings. The van der Waals surface area contributed by atoms with Gasteiger partial charge in [0.1, 0.15) is 23.3 Å². The Morgan fingerprint density at radius 2 is 2.19 bits per heavy atom. The van der Waals surface area contributed by atoms with E-state index in [1.807, 2.05) is 0 Å². The fourth-order valence-corrected chi connectivity index (χ4v) is 1.24. The first-order chi connectivity index (χ1) is 7.37. The van der Waals surface area contributed by atoms with E-state index in [-0.39, 0.29) is 23.0 Å². The van der Waals surface area contributed by atoms with Gasteiger partial charge in [-0.2, -0.15) is 5.26 Å². The topological polar surface area (TPSA) is 71.9 Å². The van der Waals surface area contributed by atoms with Gasteiger partial charge in [-0.05, 0) is 0 Å². The van der Waals surface area contributed by atoms with Crippen molar-refractivity contribution in [2.45, 2.75) is 12.2 Å². The lowest BCUT2D eigenvalue weighted by Crippen LogP contribution is -2.19. The van der Waals surface area contributed by atoms with Crippen molar-refractivity contribution in [3.8, 4) is 11.8 Å². The molecule has 0 amide bonds. The van der Waals surface area contributed by atoms with Crippen molar-refractivity contribution in [3.05, 3.63) is 17.3 Å². The summed E-state index contributed by atoms with van der Waals surface area (Å²) in [6.07, 6.45) is -4.87. The summed E-state index contributed by atoms with van der Waals surface area (Å²) in [6.45, 7) is 0. The zero-order valence-corrected chi connectivity index (χ0v) is 8.43. The minimum Gasteiger partial charge on any atom is -0.405 e. The molecule has 4 nitrogen and oxygen atoms in total. The van der Waals surface area contributed by atoms with Crippen LogP contribution in [0, 0.1) is 11.3 Å². The molecule has 0 saturated heterocycles. The summed E-state index contributed by atoms with van der Waals surface area (Å²) in [5.41, 5.74) is 4.96. The van der Waals surface area contributed by atoms with Crippen LogP contribution >= 0.6 is 11.6 Å². The Morgan fingerprint density at radius 3 is 2.62 bits per heavy atom. The average Bonchev–Trinajstić information content (AvgIpc) is 2.14. The highest BCUT2D eigenvalue weighted by Crippen LogP contribution is 2.30. The molecule has 0 aliphatic rings. The van der Waals surface area contributed by atoms with Gasteiger partial charge in [0.25, 0.3) is 0 Å². The summed E-state index contributed by atoms with van der Waals surface area (Å²) in [7, 11) is 0. The number of aromatic nitrogens is 1. The van der Waals surface area contributed by atoms with E-state index < -0.39 is 12.1 Å². The molecule has 0 radical (unpaired) electrons. The van der Waals surface area contributed by atoms with E-state index in [4.69, 9.17) is 22.6 Å². The van der Waals surface area contributed by atoms with Gasteiger partial charge in [0.15, 0.2) is 0 Å². The molecule has 86 valence electrons. The highest BCUT2D eigenvalue weighted by molar-refractivity contribution is 6.17. The van der Waals surface area contributed by atoms with Gasteiger partial charge in [-0.1, -0.05) is 0 Å². The van der Waals surface area contributed by atoms with E-state index in [0.29, 0.717) is 0 Å². The minimum atomic E-state index is -4.87. The van der Waals surface area contributed by atoms with Crippen LogP contribution < -0.4 is 10.5 Å². The van der Waals surface area contributed by atoms with Crippen LogP contribution in [0.25, 0.3) is 0 Å². The molecule has 0 aromatic carbocycles. The van der Waals surface area contributed by atoms with E-state index in [0.717, 1.165) is 6.07 Å². The second-order valence-electron chi connectivity index (χ2n) is 2.66. The molecular weight excluding hydrogens is 247 g/mol. The summed E-state index contributed by atoms with van der Waals surface area (Å²) < 4.78 is 39.7. The summed E-state index contributed by atoms with van der Waals surface area (Å²) in [4.78, 5) is 3.54. The Balaban J connectivity index is 3.24. The summed E-state index contributed by atoms with van der Waals surface area (Å²) in [6, 6.07) is 2.40. The number of halogens is 4. The number of nitrogens with two attached hydrogens (primary N) is 1. The molecule has 1 rings (SSSR count). The first-order valence-corrected chi connectivity index (χ1v) is 4.42. The smallest absolute Gasteiger partial charge is 0.405 e. The molecule has 8 heteroatoms. The largest absolute Gasteiger partial charge is 0.573 e. The van der Waals surface area contributed by atoms with Crippen LogP contribution in [-0.2, 0) is 5.88 Å². The van der Waals surface area contributed by atoms with Gasteiger partial charge in [0.2, 0.25) is 0 Å². The van der Waals surface area contributed by atoms with Crippen molar-refractivity contribution in [1.82, 2.24) is 4.98 Å². The summed E-state index contributed by atoms with van der Waals surface area (Å²) in [5, 5.41) is 8.51. The molecular formula is C8H5ClF3N3O. The van der Waals surface area contributed by atoms with Crippen LogP contribution in [-0.4, -0.2) is 11.3 Å². The monoisotopic (exact) mass is 251 g/mol. The van der Waals surface area contributed by atoms with E-state index in [1.54, 1.807) is 6.07 Å². The SMILES string of the molecule is N#Cc1cc(OC(F)(F)F)c(CCl)c(N)n1. The first kappa shape index (κ1) is 12.4. The van der Waals surface area contributed by atoms with Crippen LogP contribution in [0.3, 0.4) is 0 Å². The van der Waals surface area contributed by atoms with Gasteiger partial charge in [-0.15, -0.1) is 24.8 Å². The fraction of sp³-hybridized carbons (Fsp3) is 0.250. The molecule has 0 atom stereocenters. The molecule has 1 heterocycles. The third kappa shape index (κ3) is 2.90. The van der Waals surface area contributed by atoms with E-state index in [1.165, 1.54) is 0 Å². The molecule has 2 N–H and O–H groups in total. The Bertz CT molecular complexity index is 441. The average molecular weight is 252 g/mol. The molecule has 0 bridgehead atoms. The Kier molecular flexibility index (Phi) is 3.44. The summed E-state index contributed by atoms with van der Waals surface area (Å²) in [5.74, 6) is -1.16. The van der Waals surface area contributed by atoms with Crippen LogP contribution in [0.5, 0.6) is 5.75 Å². The summed E-state index contributed by atoms with van der Waals surface area (Å²) >= 11 is 5.41. The number of pyridine rings is 1. The Morgan fingerprint density at radius 1 is 1.56 bits per heavy atom. The molecule has 0 spiro atoms. The number of alkyl halides is 4. The van der Waals surface area contributed by atoms with E-state index in [2.05, 4.69) is 9.72 Å². The van der Waals surface area contributed by atoms with Crippen LogP contribution in [0.1, 0.15) is 11.3 Å². The lowest BCUT2D eigenvalue weighted by atomic mass is 10.2. The zero-order chi connectivity index (χ0) is 12.3. The molecule has 1 aromatic heterocycles. The van der Waals surface area contributed by atoms with Crippen molar-refractivity contribution in [2.75, 3.05) is 5.73 Å². The number of nitrogen functional groups attached to an aromatic ring is 1. The van der Waals surface area contributed by atoms with Crippen LogP contribution in [0.2, 0.25) is 0 Å². The number of hydrogen-bond acceptors (Lipinski definition) is 4. The van der Waals surface area contributed by atoms with Gasteiger partial charge >= 0.3 is 6.36 Å². The standard InChI is InChI=1S/C8H5ClF3N3O/c9-2-5-6(16-8(10,11)12)1-4(3-13)15-7(5)14/h1H,2H2,(H2,14,15). The highest BCUT2D eigenvalue weighted by atomic mass is 35.5.